The summed E-state index contributed by atoms with van der Waals surface area (Å²) in [6, 6.07) is 8.55. The van der Waals surface area contributed by atoms with E-state index in [1.165, 1.54) is 5.56 Å². The van der Waals surface area contributed by atoms with Gasteiger partial charge in [-0.1, -0.05) is 12.1 Å². The number of nitrogens with two attached hydrogens (primary N) is 1. The summed E-state index contributed by atoms with van der Waals surface area (Å²) in [5.74, 6) is 1.38. The zero-order chi connectivity index (χ0) is 11.5. The number of rotatable bonds is 3. The van der Waals surface area contributed by atoms with Crippen LogP contribution in [-0.4, -0.2) is 37.7 Å². The molecule has 0 radical (unpaired) electrons. The molecule has 1 aliphatic heterocycles. The maximum atomic E-state index is 6.14. The van der Waals surface area contributed by atoms with Crippen molar-refractivity contribution in [1.29, 1.82) is 0 Å². The third-order valence-corrected chi connectivity index (χ3v) is 3.14. The molecule has 0 unspecified atom stereocenters. The van der Waals surface area contributed by atoms with Crippen LogP contribution < -0.4 is 10.5 Å². The van der Waals surface area contributed by atoms with Crippen molar-refractivity contribution in [3.05, 3.63) is 29.8 Å². The van der Waals surface area contributed by atoms with Gasteiger partial charge in [-0.05, 0) is 31.7 Å². The van der Waals surface area contributed by atoms with Crippen molar-refractivity contribution in [2.24, 2.45) is 5.73 Å². The van der Waals surface area contributed by atoms with Crippen LogP contribution in [0, 0.1) is 0 Å². The van der Waals surface area contributed by atoms with Crippen molar-refractivity contribution < 1.29 is 4.74 Å². The van der Waals surface area contributed by atoms with Crippen LogP contribution in [0.1, 0.15) is 18.4 Å². The van der Waals surface area contributed by atoms with E-state index in [0.717, 1.165) is 18.8 Å². The third kappa shape index (κ3) is 2.36. The number of nitrogens with zero attached hydrogens (tertiary/aromatic N) is 1. The summed E-state index contributed by atoms with van der Waals surface area (Å²) >= 11 is 0. The summed E-state index contributed by atoms with van der Waals surface area (Å²) in [7, 11) is 2.12. The number of hydrogen-bond acceptors (Lipinski definition) is 3. The molecule has 0 bridgehead atoms. The van der Waals surface area contributed by atoms with E-state index < -0.39 is 0 Å². The Kier molecular flexibility index (Phi) is 3.46. The van der Waals surface area contributed by atoms with E-state index in [1.54, 1.807) is 0 Å². The summed E-state index contributed by atoms with van der Waals surface area (Å²) < 4.78 is 5.51. The average molecular weight is 220 g/mol. The van der Waals surface area contributed by atoms with Crippen molar-refractivity contribution in [3.63, 3.8) is 0 Å². The number of likely N-dealkylation sites (tertiary alicyclic amines) is 1. The van der Waals surface area contributed by atoms with Crippen LogP contribution in [0.5, 0.6) is 5.75 Å². The zero-order valence-electron chi connectivity index (χ0n) is 10.0. The predicted molar refractivity (Wildman–Crippen MR) is 65.8 cm³/mol. The first-order valence-corrected chi connectivity index (χ1v) is 5.87. The van der Waals surface area contributed by atoms with Gasteiger partial charge in [0.15, 0.2) is 0 Å². The number of hydrogen-bond donors (Lipinski definition) is 1. The third-order valence-electron chi connectivity index (χ3n) is 3.14. The second kappa shape index (κ2) is 4.85. The number of benzene rings is 1. The van der Waals surface area contributed by atoms with E-state index in [4.69, 9.17) is 10.5 Å². The molecule has 1 aromatic carbocycles. The predicted octanol–water partition coefficient (Wildman–Crippen LogP) is 1.44. The molecule has 3 heteroatoms. The van der Waals surface area contributed by atoms with Crippen molar-refractivity contribution in [2.75, 3.05) is 26.7 Å². The van der Waals surface area contributed by atoms with Crippen molar-refractivity contribution in [3.8, 4) is 5.75 Å². The van der Waals surface area contributed by atoms with Gasteiger partial charge in [-0.2, -0.15) is 0 Å². The molecule has 2 rings (SSSR count). The minimum atomic E-state index is 0.238. The van der Waals surface area contributed by atoms with Crippen molar-refractivity contribution in [1.82, 2.24) is 4.90 Å². The first kappa shape index (κ1) is 11.4. The SMILES string of the molecule is CCOc1cccc([C@@H]2CN(C)C[C@H]2N)c1. The standard InChI is InChI=1S/C13H20N2O/c1-3-16-11-6-4-5-10(7-11)12-8-15(2)9-13(12)14/h4-7,12-13H,3,8-9,14H2,1-2H3/t12-,13+/m0/s1. The summed E-state index contributed by atoms with van der Waals surface area (Å²) in [4.78, 5) is 2.28. The van der Waals surface area contributed by atoms with E-state index in [-0.39, 0.29) is 6.04 Å². The van der Waals surface area contributed by atoms with Gasteiger partial charge in [0.05, 0.1) is 6.61 Å². The highest BCUT2D eigenvalue weighted by Gasteiger charge is 2.29. The molecular formula is C13H20N2O. The molecule has 1 aliphatic rings. The Morgan fingerprint density at radius 1 is 1.44 bits per heavy atom. The van der Waals surface area contributed by atoms with Gasteiger partial charge in [0.2, 0.25) is 0 Å². The van der Waals surface area contributed by atoms with Crippen LogP contribution in [0.2, 0.25) is 0 Å². The van der Waals surface area contributed by atoms with Crippen LogP contribution in [0.15, 0.2) is 24.3 Å². The molecular weight excluding hydrogens is 200 g/mol. The summed E-state index contributed by atoms with van der Waals surface area (Å²) in [5, 5.41) is 0. The molecule has 0 amide bonds. The number of ether oxygens (including phenoxy) is 1. The molecule has 2 atom stereocenters. The van der Waals surface area contributed by atoms with E-state index >= 15 is 0 Å². The Bertz CT molecular complexity index is 354. The molecule has 1 heterocycles. The van der Waals surface area contributed by atoms with E-state index in [0.29, 0.717) is 12.5 Å². The molecule has 0 aliphatic carbocycles. The summed E-state index contributed by atoms with van der Waals surface area (Å²) in [6.45, 7) is 4.72. The minimum absolute atomic E-state index is 0.238. The van der Waals surface area contributed by atoms with Crippen LogP contribution in [0.4, 0.5) is 0 Å². The van der Waals surface area contributed by atoms with E-state index in [1.807, 2.05) is 19.1 Å². The maximum Gasteiger partial charge on any atom is 0.119 e. The van der Waals surface area contributed by atoms with Crippen LogP contribution in [-0.2, 0) is 0 Å². The fraction of sp³-hybridized carbons (Fsp3) is 0.538. The van der Waals surface area contributed by atoms with Crippen LogP contribution >= 0.6 is 0 Å². The lowest BCUT2D eigenvalue weighted by Crippen LogP contribution is -2.27. The lowest BCUT2D eigenvalue weighted by Gasteiger charge is -2.15. The molecule has 0 aromatic heterocycles. The van der Waals surface area contributed by atoms with Crippen LogP contribution in [0.3, 0.4) is 0 Å². The number of likely N-dealkylation sites (N-methyl/N-ethyl adjacent to an activating group) is 1. The quantitative estimate of drug-likeness (QED) is 0.837. The smallest absolute Gasteiger partial charge is 0.119 e. The second-order valence-electron chi connectivity index (χ2n) is 4.50. The molecule has 0 saturated carbocycles. The largest absolute Gasteiger partial charge is 0.494 e. The van der Waals surface area contributed by atoms with Gasteiger partial charge in [-0.15, -0.1) is 0 Å². The van der Waals surface area contributed by atoms with Gasteiger partial charge in [0.1, 0.15) is 5.75 Å². The molecule has 1 saturated heterocycles. The van der Waals surface area contributed by atoms with Gasteiger partial charge in [-0.25, -0.2) is 0 Å². The summed E-state index contributed by atoms with van der Waals surface area (Å²) in [5.41, 5.74) is 7.44. The molecule has 0 spiro atoms. The molecule has 3 nitrogen and oxygen atoms in total. The van der Waals surface area contributed by atoms with E-state index in [9.17, 15) is 0 Å². The molecule has 16 heavy (non-hydrogen) atoms. The Morgan fingerprint density at radius 3 is 2.88 bits per heavy atom. The molecule has 2 N–H and O–H groups in total. The van der Waals surface area contributed by atoms with Crippen molar-refractivity contribution in [2.45, 2.75) is 18.9 Å². The van der Waals surface area contributed by atoms with Crippen LogP contribution in [0.25, 0.3) is 0 Å². The Labute approximate surface area is 97.2 Å². The second-order valence-corrected chi connectivity index (χ2v) is 4.50. The highest BCUT2D eigenvalue weighted by atomic mass is 16.5. The first-order chi connectivity index (χ1) is 7.70. The average Bonchev–Trinajstić information content (AvgIpc) is 2.59. The Balaban J connectivity index is 2.16. The fourth-order valence-corrected chi connectivity index (χ4v) is 2.39. The van der Waals surface area contributed by atoms with Gasteiger partial charge in [0, 0.05) is 25.0 Å². The molecule has 88 valence electrons. The molecule has 1 aromatic rings. The monoisotopic (exact) mass is 220 g/mol. The Morgan fingerprint density at radius 2 is 2.25 bits per heavy atom. The topological polar surface area (TPSA) is 38.5 Å². The normalized spacial score (nSPS) is 25.9. The van der Waals surface area contributed by atoms with Crippen molar-refractivity contribution >= 4 is 0 Å². The van der Waals surface area contributed by atoms with Gasteiger partial charge >= 0.3 is 0 Å². The lowest BCUT2D eigenvalue weighted by molar-refractivity contribution is 0.339. The minimum Gasteiger partial charge on any atom is -0.494 e. The highest BCUT2D eigenvalue weighted by Crippen LogP contribution is 2.27. The van der Waals surface area contributed by atoms with E-state index in [2.05, 4.69) is 24.1 Å². The maximum absolute atomic E-state index is 6.14. The van der Waals surface area contributed by atoms with Gasteiger partial charge in [0.25, 0.3) is 0 Å². The summed E-state index contributed by atoms with van der Waals surface area (Å²) in [6.07, 6.45) is 0. The molecule has 1 fully saturated rings. The highest BCUT2D eigenvalue weighted by molar-refractivity contribution is 5.32. The lowest BCUT2D eigenvalue weighted by atomic mass is 9.95. The zero-order valence-corrected chi connectivity index (χ0v) is 10.0. The van der Waals surface area contributed by atoms with Gasteiger partial charge in [-0.3, -0.25) is 0 Å². The first-order valence-electron chi connectivity index (χ1n) is 5.87. The Hall–Kier alpha value is -1.06. The fourth-order valence-electron chi connectivity index (χ4n) is 2.39. The van der Waals surface area contributed by atoms with Gasteiger partial charge < -0.3 is 15.4 Å².